The molecule has 0 aliphatic heterocycles. The van der Waals surface area contributed by atoms with Crippen molar-refractivity contribution in [3.05, 3.63) is 47.4 Å². The van der Waals surface area contributed by atoms with Gasteiger partial charge in [0.05, 0.1) is 11.2 Å². The van der Waals surface area contributed by atoms with Crippen LogP contribution in [0.5, 0.6) is 0 Å². The highest BCUT2D eigenvalue weighted by molar-refractivity contribution is 7.89. The molecule has 0 aliphatic carbocycles. The number of amides is 1. The van der Waals surface area contributed by atoms with Gasteiger partial charge in [0.2, 0.25) is 10.0 Å². The molecule has 1 aromatic heterocycles. The van der Waals surface area contributed by atoms with E-state index < -0.39 is 28.0 Å². The van der Waals surface area contributed by atoms with Crippen molar-refractivity contribution in [2.24, 2.45) is 0 Å². The number of anilines is 1. The fourth-order valence-corrected chi connectivity index (χ4v) is 3.14. The fraction of sp³-hybridized carbons (Fsp3) is 0.333. The Bertz CT molecular complexity index is 962. The standard InChI is InChI=1S/C18H22N2O6S/c1-11-6-7-14(27(23,24)20(4)5)10-16(11)19-17(21)13(3)26-18(22)15-8-9-25-12(15)2/h6-10,13H,1-5H3,(H,19,21). The summed E-state index contributed by atoms with van der Waals surface area (Å²) in [6.45, 7) is 4.77. The number of esters is 1. The minimum Gasteiger partial charge on any atom is -0.469 e. The van der Waals surface area contributed by atoms with Crippen molar-refractivity contribution in [2.75, 3.05) is 19.4 Å². The van der Waals surface area contributed by atoms with Crippen molar-refractivity contribution in [2.45, 2.75) is 31.8 Å². The molecule has 0 saturated carbocycles. The Kier molecular flexibility index (Phi) is 6.07. The fourth-order valence-electron chi connectivity index (χ4n) is 2.22. The van der Waals surface area contributed by atoms with Gasteiger partial charge in [-0.25, -0.2) is 17.5 Å². The predicted octanol–water partition coefficient (Wildman–Crippen LogP) is 2.33. The Morgan fingerprint density at radius 3 is 2.41 bits per heavy atom. The smallest absolute Gasteiger partial charge is 0.342 e. The lowest BCUT2D eigenvalue weighted by Gasteiger charge is -2.16. The number of rotatable bonds is 6. The third-order valence-corrected chi connectivity index (χ3v) is 5.79. The van der Waals surface area contributed by atoms with E-state index >= 15 is 0 Å². The van der Waals surface area contributed by atoms with Gasteiger partial charge < -0.3 is 14.5 Å². The van der Waals surface area contributed by atoms with Gasteiger partial charge in [-0.15, -0.1) is 0 Å². The van der Waals surface area contributed by atoms with E-state index in [0.29, 0.717) is 17.0 Å². The molecule has 0 saturated heterocycles. The van der Waals surface area contributed by atoms with E-state index in [0.717, 1.165) is 4.31 Å². The average Bonchev–Trinajstić information content (AvgIpc) is 3.02. The van der Waals surface area contributed by atoms with Gasteiger partial charge in [-0.1, -0.05) is 6.07 Å². The largest absolute Gasteiger partial charge is 0.469 e. The summed E-state index contributed by atoms with van der Waals surface area (Å²) in [5, 5.41) is 2.60. The molecule has 8 nitrogen and oxygen atoms in total. The summed E-state index contributed by atoms with van der Waals surface area (Å²) in [7, 11) is -0.792. The summed E-state index contributed by atoms with van der Waals surface area (Å²) in [6.07, 6.45) is 0.275. The van der Waals surface area contributed by atoms with Crippen LogP contribution in [0.2, 0.25) is 0 Å². The van der Waals surface area contributed by atoms with Crippen LogP contribution in [-0.4, -0.2) is 44.8 Å². The van der Waals surface area contributed by atoms with E-state index in [1.807, 2.05) is 0 Å². The lowest BCUT2D eigenvalue weighted by Crippen LogP contribution is -2.30. The van der Waals surface area contributed by atoms with Gasteiger partial charge >= 0.3 is 5.97 Å². The highest BCUT2D eigenvalue weighted by Crippen LogP contribution is 2.22. The first-order valence-corrected chi connectivity index (χ1v) is 9.57. The number of hydrogen-bond donors (Lipinski definition) is 1. The van der Waals surface area contributed by atoms with Crippen LogP contribution in [-0.2, 0) is 19.6 Å². The predicted molar refractivity (Wildman–Crippen MR) is 99.0 cm³/mol. The number of benzene rings is 1. The molecule has 0 spiro atoms. The highest BCUT2D eigenvalue weighted by Gasteiger charge is 2.23. The van der Waals surface area contributed by atoms with Gasteiger partial charge in [-0.2, -0.15) is 0 Å². The van der Waals surface area contributed by atoms with E-state index in [9.17, 15) is 18.0 Å². The van der Waals surface area contributed by atoms with Crippen LogP contribution in [0, 0.1) is 13.8 Å². The zero-order chi connectivity index (χ0) is 20.4. The molecule has 146 valence electrons. The topological polar surface area (TPSA) is 106 Å². The number of aryl methyl sites for hydroxylation is 2. The molecular weight excluding hydrogens is 372 g/mol. The van der Waals surface area contributed by atoms with Crippen molar-refractivity contribution in [1.82, 2.24) is 4.31 Å². The molecule has 0 aliphatic rings. The minimum atomic E-state index is -3.64. The van der Waals surface area contributed by atoms with Crippen LogP contribution in [0.15, 0.2) is 39.8 Å². The Hall–Kier alpha value is -2.65. The lowest BCUT2D eigenvalue weighted by atomic mass is 10.2. The molecule has 1 atom stereocenters. The number of ether oxygens (including phenoxy) is 1. The van der Waals surface area contributed by atoms with Crippen LogP contribution in [0.25, 0.3) is 0 Å². The van der Waals surface area contributed by atoms with Gasteiger partial charge in [0.25, 0.3) is 5.91 Å². The van der Waals surface area contributed by atoms with E-state index in [4.69, 9.17) is 9.15 Å². The summed E-state index contributed by atoms with van der Waals surface area (Å²) in [5.74, 6) is -0.860. The molecule has 9 heteroatoms. The zero-order valence-electron chi connectivity index (χ0n) is 15.8. The molecule has 0 fully saturated rings. The van der Waals surface area contributed by atoms with Crippen molar-refractivity contribution < 1.29 is 27.2 Å². The van der Waals surface area contributed by atoms with Crippen molar-refractivity contribution in [1.29, 1.82) is 0 Å². The molecular formula is C18H22N2O6S. The first-order chi connectivity index (χ1) is 12.5. The lowest BCUT2D eigenvalue weighted by molar-refractivity contribution is -0.123. The molecule has 1 amide bonds. The van der Waals surface area contributed by atoms with E-state index in [2.05, 4.69) is 5.32 Å². The van der Waals surface area contributed by atoms with Gasteiger partial charge in [0.1, 0.15) is 11.3 Å². The van der Waals surface area contributed by atoms with Crippen LogP contribution in [0.3, 0.4) is 0 Å². The summed E-state index contributed by atoms with van der Waals surface area (Å²) >= 11 is 0. The Labute approximate surface area is 158 Å². The number of carbonyl (C=O) groups excluding carboxylic acids is 2. The Morgan fingerprint density at radius 2 is 1.85 bits per heavy atom. The maximum absolute atomic E-state index is 12.4. The molecule has 0 radical (unpaired) electrons. The molecule has 1 unspecified atom stereocenters. The number of furan rings is 1. The van der Waals surface area contributed by atoms with Crippen molar-refractivity contribution in [3.8, 4) is 0 Å². The molecule has 0 bridgehead atoms. The second-order valence-corrected chi connectivity index (χ2v) is 8.34. The maximum atomic E-state index is 12.4. The number of hydrogen-bond acceptors (Lipinski definition) is 6. The maximum Gasteiger partial charge on any atom is 0.342 e. The number of nitrogens with one attached hydrogen (secondary N) is 1. The first kappa shape index (κ1) is 20.7. The summed E-state index contributed by atoms with van der Waals surface area (Å²) in [5.41, 5.74) is 1.24. The Balaban J connectivity index is 2.15. The SMILES string of the molecule is Cc1ccc(S(=O)(=O)N(C)C)cc1NC(=O)C(C)OC(=O)c1ccoc1C. The van der Waals surface area contributed by atoms with Gasteiger partial charge in [-0.05, 0) is 44.5 Å². The van der Waals surface area contributed by atoms with E-state index in [1.54, 1.807) is 19.9 Å². The van der Waals surface area contributed by atoms with Gasteiger partial charge in [0.15, 0.2) is 6.10 Å². The summed E-state index contributed by atoms with van der Waals surface area (Å²) < 4.78 is 35.8. The molecule has 1 aromatic carbocycles. The monoisotopic (exact) mass is 394 g/mol. The quantitative estimate of drug-likeness (QED) is 0.754. The van der Waals surface area contributed by atoms with Crippen LogP contribution >= 0.6 is 0 Å². The molecule has 27 heavy (non-hydrogen) atoms. The molecule has 2 aromatic rings. The van der Waals surface area contributed by atoms with E-state index in [1.165, 1.54) is 45.5 Å². The molecule has 1 heterocycles. The second-order valence-electron chi connectivity index (χ2n) is 6.19. The number of sulfonamides is 1. The molecule has 2 rings (SSSR count). The summed E-state index contributed by atoms with van der Waals surface area (Å²) in [6, 6.07) is 5.89. The van der Waals surface area contributed by atoms with Crippen molar-refractivity contribution >= 4 is 27.6 Å². The average molecular weight is 394 g/mol. The van der Waals surface area contributed by atoms with Crippen LogP contribution in [0.1, 0.15) is 28.6 Å². The Morgan fingerprint density at radius 1 is 1.19 bits per heavy atom. The third-order valence-electron chi connectivity index (χ3n) is 3.98. The van der Waals surface area contributed by atoms with Gasteiger partial charge in [0, 0.05) is 19.8 Å². The molecule has 1 N–H and O–H groups in total. The normalized spacial score (nSPS) is 12.7. The second kappa shape index (κ2) is 7.93. The number of nitrogens with zero attached hydrogens (tertiary/aromatic N) is 1. The number of carbonyl (C=O) groups is 2. The summed E-state index contributed by atoms with van der Waals surface area (Å²) in [4.78, 5) is 24.5. The van der Waals surface area contributed by atoms with Crippen LogP contribution < -0.4 is 5.32 Å². The minimum absolute atomic E-state index is 0.0482. The third kappa shape index (κ3) is 4.55. The van der Waals surface area contributed by atoms with Crippen molar-refractivity contribution in [3.63, 3.8) is 0 Å². The van der Waals surface area contributed by atoms with Gasteiger partial charge in [-0.3, -0.25) is 4.79 Å². The van der Waals surface area contributed by atoms with E-state index in [-0.39, 0.29) is 10.5 Å². The zero-order valence-corrected chi connectivity index (χ0v) is 16.6. The van der Waals surface area contributed by atoms with Crippen LogP contribution in [0.4, 0.5) is 5.69 Å². The highest BCUT2D eigenvalue weighted by atomic mass is 32.2. The first-order valence-electron chi connectivity index (χ1n) is 8.13.